The summed E-state index contributed by atoms with van der Waals surface area (Å²) in [7, 11) is 0. The number of fused-ring (bicyclic) bond motifs is 6. The Hall–Kier alpha value is -8.15. The molecule has 0 bridgehead atoms. The Morgan fingerprint density at radius 1 is 0.419 bits per heavy atom. The first kappa shape index (κ1) is 36.9. The summed E-state index contributed by atoms with van der Waals surface area (Å²) in [6, 6.07) is 59.3. The van der Waals surface area contributed by atoms with Gasteiger partial charge in [0.1, 0.15) is 22.3 Å². The summed E-state index contributed by atoms with van der Waals surface area (Å²) in [5.41, 5.74) is 16.8. The molecule has 0 N–H and O–H groups in total. The van der Waals surface area contributed by atoms with E-state index in [-0.39, 0.29) is 0 Å². The molecule has 0 aliphatic carbocycles. The molecule has 0 unspecified atom stereocenters. The second kappa shape index (κ2) is 15.5. The van der Waals surface area contributed by atoms with E-state index in [0.717, 1.165) is 111 Å². The number of furan rings is 2. The van der Waals surface area contributed by atoms with E-state index in [4.69, 9.17) is 18.8 Å². The normalized spacial score (nSPS) is 12.1. The Balaban J connectivity index is 1.11. The number of nitrogens with zero attached hydrogens (tertiary/aromatic N) is 3. The molecule has 0 atom stereocenters. The molecular weight excluding hydrogens is 759 g/mol. The largest absolute Gasteiger partial charge is 0.456 e. The Morgan fingerprint density at radius 3 is 1.53 bits per heavy atom. The number of allylic oxidation sites excluding steroid dienone is 4. The second-order valence-corrected chi connectivity index (χ2v) is 15.5. The number of hydrogen-bond acceptors (Lipinski definition) is 5. The number of aromatic nitrogens is 3. The van der Waals surface area contributed by atoms with Crippen molar-refractivity contribution in [2.75, 3.05) is 0 Å². The molecule has 11 rings (SSSR count). The topological polar surface area (TPSA) is 65.0 Å². The molecule has 0 radical (unpaired) electrons. The highest BCUT2D eigenvalue weighted by Gasteiger charge is 2.17. The third-order valence-corrected chi connectivity index (χ3v) is 11.7. The zero-order valence-corrected chi connectivity index (χ0v) is 34.2. The molecule has 0 aliphatic heterocycles. The van der Waals surface area contributed by atoms with Crippen molar-refractivity contribution in [2.45, 2.75) is 13.8 Å². The van der Waals surface area contributed by atoms with E-state index in [9.17, 15) is 0 Å². The first-order valence-electron chi connectivity index (χ1n) is 20.9. The SMILES string of the molecule is C/C=C\C(=C/C)c1ccc(-c2cc(-c3cc(-c4ccc5oc6ccccc6c5c4)cc(-c4ccc5oc6ccccc6c5c4)c3)nc(-c3ccc(-c4cccnc4)cc3)n2)cc1. The van der Waals surface area contributed by atoms with Crippen LogP contribution in [0.4, 0.5) is 0 Å². The van der Waals surface area contributed by atoms with Crippen molar-refractivity contribution in [1.82, 2.24) is 15.0 Å². The average molecular weight is 798 g/mol. The van der Waals surface area contributed by atoms with Crippen LogP contribution in [-0.2, 0) is 0 Å². The molecule has 4 aromatic heterocycles. The first-order chi connectivity index (χ1) is 30.6. The number of pyridine rings is 1. The fraction of sp³-hybridized carbons (Fsp3) is 0.0351. The van der Waals surface area contributed by atoms with Gasteiger partial charge in [0.2, 0.25) is 0 Å². The smallest absolute Gasteiger partial charge is 0.160 e. The van der Waals surface area contributed by atoms with E-state index >= 15 is 0 Å². The molecule has 0 spiro atoms. The van der Waals surface area contributed by atoms with Crippen molar-refractivity contribution in [3.63, 3.8) is 0 Å². The van der Waals surface area contributed by atoms with E-state index in [0.29, 0.717) is 5.82 Å². The Kier molecular flexibility index (Phi) is 9.20. The van der Waals surface area contributed by atoms with Crippen LogP contribution in [-0.4, -0.2) is 15.0 Å². The fourth-order valence-electron chi connectivity index (χ4n) is 8.51. The van der Waals surface area contributed by atoms with Gasteiger partial charge in [0.25, 0.3) is 0 Å². The van der Waals surface area contributed by atoms with Crippen molar-refractivity contribution in [1.29, 1.82) is 0 Å². The van der Waals surface area contributed by atoms with Crippen LogP contribution < -0.4 is 0 Å². The van der Waals surface area contributed by atoms with Gasteiger partial charge >= 0.3 is 0 Å². The summed E-state index contributed by atoms with van der Waals surface area (Å²) in [6.07, 6.45) is 10.0. The molecule has 11 aromatic rings. The van der Waals surface area contributed by atoms with Crippen LogP contribution in [0.3, 0.4) is 0 Å². The molecule has 4 heterocycles. The highest BCUT2D eigenvalue weighted by atomic mass is 16.3. The van der Waals surface area contributed by atoms with Gasteiger partial charge in [0.05, 0.1) is 11.4 Å². The minimum atomic E-state index is 0.645. The van der Waals surface area contributed by atoms with E-state index in [1.165, 1.54) is 5.57 Å². The van der Waals surface area contributed by atoms with Gasteiger partial charge in [-0.25, -0.2) is 9.97 Å². The highest BCUT2D eigenvalue weighted by Crippen LogP contribution is 2.39. The van der Waals surface area contributed by atoms with E-state index < -0.39 is 0 Å². The average Bonchev–Trinajstić information content (AvgIpc) is 3.91. The highest BCUT2D eigenvalue weighted by molar-refractivity contribution is 6.07. The lowest BCUT2D eigenvalue weighted by Gasteiger charge is -2.14. The molecule has 0 amide bonds. The maximum Gasteiger partial charge on any atom is 0.160 e. The van der Waals surface area contributed by atoms with E-state index in [1.807, 2.05) is 43.5 Å². The quantitative estimate of drug-likeness (QED) is 0.143. The van der Waals surface area contributed by atoms with E-state index in [2.05, 4.69) is 170 Å². The predicted octanol–water partition coefficient (Wildman–Crippen LogP) is 15.7. The molecule has 0 saturated carbocycles. The summed E-state index contributed by atoms with van der Waals surface area (Å²) in [4.78, 5) is 14.9. The van der Waals surface area contributed by atoms with Gasteiger partial charge < -0.3 is 8.83 Å². The maximum absolute atomic E-state index is 6.24. The first-order valence-corrected chi connectivity index (χ1v) is 20.9. The second-order valence-electron chi connectivity index (χ2n) is 15.5. The van der Waals surface area contributed by atoms with Crippen LogP contribution in [0.5, 0.6) is 0 Å². The number of hydrogen-bond donors (Lipinski definition) is 0. The monoisotopic (exact) mass is 797 g/mol. The summed E-state index contributed by atoms with van der Waals surface area (Å²) >= 11 is 0. The van der Waals surface area contributed by atoms with Crippen LogP contribution in [0.15, 0.2) is 209 Å². The lowest BCUT2D eigenvalue weighted by molar-refractivity contribution is 0.668. The molecule has 0 saturated heterocycles. The standard InChI is InChI=1S/C57H39N3O2/c1-3-10-36(4-2)37-16-20-39(21-17-37)51-34-52(60-57(59-51)40-22-18-38(19-23-40)43-11-9-28-58-35-43)46-30-44(41-24-26-55-49(32-41)47-12-5-7-14-53(47)61-55)29-45(31-46)42-25-27-56-50(33-42)48-13-6-8-15-54(48)62-56/h3-35H,1-2H3/b10-3-,36-4+. The Bertz CT molecular complexity index is 3390. The van der Waals surface area contributed by atoms with Gasteiger partial charge in [-0.15, -0.1) is 0 Å². The minimum Gasteiger partial charge on any atom is -0.456 e. The van der Waals surface area contributed by atoms with Crippen molar-refractivity contribution in [2.24, 2.45) is 0 Å². The van der Waals surface area contributed by atoms with Crippen LogP contribution >= 0.6 is 0 Å². The zero-order chi connectivity index (χ0) is 41.6. The van der Waals surface area contributed by atoms with Crippen molar-refractivity contribution in [3.8, 4) is 67.3 Å². The fourth-order valence-corrected chi connectivity index (χ4v) is 8.51. The predicted molar refractivity (Wildman–Crippen MR) is 255 cm³/mol. The third-order valence-electron chi connectivity index (χ3n) is 11.7. The van der Waals surface area contributed by atoms with Crippen molar-refractivity contribution < 1.29 is 8.83 Å². The molecule has 62 heavy (non-hydrogen) atoms. The number of rotatable bonds is 8. The molecule has 5 heteroatoms. The Labute approximate surface area is 359 Å². The summed E-state index contributed by atoms with van der Waals surface area (Å²) in [5, 5.41) is 4.35. The molecule has 5 nitrogen and oxygen atoms in total. The third kappa shape index (κ3) is 6.76. The van der Waals surface area contributed by atoms with Gasteiger partial charge in [-0.2, -0.15) is 0 Å². The lowest BCUT2D eigenvalue weighted by atomic mass is 9.93. The molecular formula is C57H39N3O2. The summed E-state index contributed by atoms with van der Waals surface area (Å²) in [6.45, 7) is 4.11. The van der Waals surface area contributed by atoms with Gasteiger partial charge in [0.15, 0.2) is 5.82 Å². The van der Waals surface area contributed by atoms with Gasteiger partial charge in [0, 0.05) is 50.6 Å². The zero-order valence-electron chi connectivity index (χ0n) is 34.2. The Morgan fingerprint density at radius 2 is 0.952 bits per heavy atom. The summed E-state index contributed by atoms with van der Waals surface area (Å²) < 4.78 is 12.5. The summed E-state index contributed by atoms with van der Waals surface area (Å²) in [5.74, 6) is 0.645. The molecule has 0 fully saturated rings. The van der Waals surface area contributed by atoms with Crippen molar-refractivity contribution in [3.05, 3.63) is 206 Å². The van der Waals surface area contributed by atoms with Crippen LogP contribution in [0, 0.1) is 0 Å². The minimum absolute atomic E-state index is 0.645. The van der Waals surface area contributed by atoms with E-state index in [1.54, 1.807) is 6.20 Å². The maximum atomic E-state index is 6.24. The lowest BCUT2D eigenvalue weighted by Crippen LogP contribution is -1.97. The van der Waals surface area contributed by atoms with Gasteiger partial charge in [-0.05, 0) is 125 Å². The number of benzene rings is 7. The molecule has 7 aromatic carbocycles. The van der Waals surface area contributed by atoms with Crippen LogP contribution in [0.25, 0.3) is 117 Å². The number of para-hydroxylation sites is 2. The van der Waals surface area contributed by atoms with Gasteiger partial charge in [-0.3, -0.25) is 4.98 Å². The van der Waals surface area contributed by atoms with Crippen LogP contribution in [0.1, 0.15) is 19.4 Å². The van der Waals surface area contributed by atoms with Crippen molar-refractivity contribution >= 4 is 49.5 Å². The molecule has 294 valence electrons. The van der Waals surface area contributed by atoms with Crippen LogP contribution in [0.2, 0.25) is 0 Å². The molecule has 0 aliphatic rings. The van der Waals surface area contributed by atoms with Gasteiger partial charge in [-0.1, -0.05) is 121 Å².